The number of hydrogen-bond donors (Lipinski definition) is 1. The van der Waals surface area contributed by atoms with E-state index >= 15 is 0 Å². The maximum absolute atomic E-state index is 13.0. The molecule has 2 aromatic rings. The highest BCUT2D eigenvalue weighted by Gasteiger charge is 2.23. The predicted octanol–water partition coefficient (Wildman–Crippen LogP) is 3.51. The molecule has 3 rings (SSSR count). The third-order valence-corrected chi connectivity index (χ3v) is 8.77. The maximum atomic E-state index is 13.0. The van der Waals surface area contributed by atoms with Crippen LogP contribution in [0.3, 0.4) is 0 Å². The van der Waals surface area contributed by atoms with Crippen LogP contribution in [0.5, 0.6) is 0 Å². The molecule has 30 heavy (non-hydrogen) atoms. The van der Waals surface area contributed by atoms with Gasteiger partial charge in [-0.05, 0) is 55.7 Å². The molecule has 164 valence electrons. The Hall–Kier alpha value is -2.10. The Kier molecular flexibility index (Phi) is 7.05. The molecular weight excluding hydrogens is 422 g/mol. The molecule has 7 nitrogen and oxygen atoms in total. The first-order valence-corrected chi connectivity index (χ1v) is 13.2. The van der Waals surface area contributed by atoms with Gasteiger partial charge in [-0.2, -0.15) is 4.31 Å². The number of sulfonamides is 2. The molecule has 0 unspecified atom stereocenters. The predicted molar refractivity (Wildman–Crippen MR) is 120 cm³/mol. The van der Waals surface area contributed by atoms with Gasteiger partial charge in [-0.25, -0.2) is 16.8 Å². The maximum Gasteiger partial charge on any atom is 0.261 e. The normalized spacial score (nSPS) is 15.4. The third-order valence-electron chi connectivity index (χ3n) is 5.32. The molecule has 0 spiro atoms. The first-order valence-electron chi connectivity index (χ1n) is 10.3. The molecule has 0 bridgehead atoms. The van der Waals surface area contributed by atoms with Crippen LogP contribution in [0.2, 0.25) is 0 Å². The van der Waals surface area contributed by atoms with Crippen molar-refractivity contribution in [1.29, 1.82) is 0 Å². The van der Waals surface area contributed by atoms with Crippen molar-refractivity contribution in [2.24, 2.45) is 0 Å². The minimum absolute atomic E-state index is 0.0226. The molecule has 1 saturated heterocycles. The summed E-state index contributed by atoms with van der Waals surface area (Å²) in [6.45, 7) is 6.04. The van der Waals surface area contributed by atoms with Crippen LogP contribution in [0.4, 0.5) is 11.4 Å². The van der Waals surface area contributed by atoms with E-state index in [2.05, 4.69) is 9.62 Å². The van der Waals surface area contributed by atoms with Crippen molar-refractivity contribution in [2.45, 2.75) is 42.9 Å². The number of benzene rings is 2. The molecule has 9 heteroatoms. The first-order chi connectivity index (χ1) is 14.3. The molecule has 0 radical (unpaired) electrons. The summed E-state index contributed by atoms with van der Waals surface area (Å²) in [5.74, 6) is 0. The second kappa shape index (κ2) is 9.36. The summed E-state index contributed by atoms with van der Waals surface area (Å²) in [5, 5.41) is 0. The van der Waals surface area contributed by atoms with Gasteiger partial charge in [-0.3, -0.25) is 4.72 Å². The van der Waals surface area contributed by atoms with E-state index in [1.165, 1.54) is 35.0 Å². The Morgan fingerprint density at radius 1 is 0.833 bits per heavy atom. The van der Waals surface area contributed by atoms with Crippen LogP contribution >= 0.6 is 0 Å². The highest BCUT2D eigenvalue weighted by Crippen LogP contribution is 2.30. The Balaban J connectivity index is 1.85. The minimum Gasteiger partial charge on any atom is -0.370 e. The van der Waals surface area contributed by atoms with E-state index in [4.69, 9.17) is 0 Å². The van der Waals surface area contributed by atoms with Crippen molar-refractivity contribution in [3.63, 3.8) is 0 Å². The summed E-state index contributed by atoms with van der Waals surface area (Å²) >= 11 is 0. The molecule has 0 saturated carbocycles. The van der Waals surface area contributed by atoms with Crippen LogP contribution in [0.15, 0.2) is 58.3 Å². The van der Waals surface area contributed by atoms with E-state index in [0.29, 0.717) is 18.8 Å². The summed E-state index contributed by atoms with van der Waals surface area (Å²) in [6, 6.07) is 12.7. The number of para-hydroxylation sites is 2. The van der Waals surface area contributed by atoms with Gasteiger partial charge in [0.05, 0.1) is 21.2 Å². The van der Waals surface area contributed by atoms with Gasteiger partial charge in [0.25, 0.3) is 10.0 Å². The summed E-state index contributed by atoms with van der Waals surface area (Å²) in [7, 11) is -7.49. The largest absolute Gasteiger partial charge is 0.370 e. The van der Waals surface area contributed by atoms with Crippen LogP contribution in [0.25, 0.3) is 0 Å². The monoisotopic (exact) mass is 451 g/mol. The van der Waals surface area contributed by atoms with Crippen LogP contribution in [-0.4, -0.2) is 47.3 Å². The second-order valence-electron chi connectivity index (χ2n) is 7.23. The minimum atomic E-state index is -3.85. The molecular formula is C21H29N3O4S2. The van der Waals surface area contributed by atoms with E-state index in [1.54, 1.807) is 26.0 Å². The Bertz CT molecular complexity index is 1060. The topological polar surface area (TPSA) is 86.8 Å². The zero-order valence-electron chi connectivity index (χ0n) is 17.4. The van der Waals surface area contributed by atoms with Gasteiger partial charge in [0.2, 0.25) is 10.0 Å². The van der Waals surface area contributed by atoms with Crippen LogP contribution in [0.1, 0.15) is 33.1 Å². The van der Waals surface area contributed by atoms with Crippen molar-refractivity contribution in [1.82, 2.24) is 4.31 Å². The second-order valence-corrected chi connectivity index (χ2v) is 10.9. The van der Waals surface area contributed by atoms with Crippen LogP contribution in [0, 0.1) is 0 Å². The van der Waals surface area contributed by atoms with Crippen molar-refractivity contribution in [3.8, 4) is 0 Å². The van der Waals surface area contributed by atoms with Gasteiger partial charge in [-0.1, -0.05) is 26.0 Å². The fraction of sp³-hybridized carbons (Fsp3) is 0.429. The van der Waals surface area contributed by atoms with Crippen molar-refractivity contribution >= 4 is 31.4 Å². The van der Waals surface area contributed by atoms with Gasteiger partial charge in [0.1, 0.15) is 0 Å². The Morgan fingerprint density at radius 2 is 1.40 bits per heavy atom. The molecule has 1 N–H and O–H groups in total. The number of hydrogen-bond acceptors (Lipinski definition) is 5. The Morgan fingerprint density at radius 3 is 2.00 bits per heavy atom. The highest BCUT2D eigenvalue weighted by atomic mass is 32.2. The highest BCUT2D eigenvalue weighted by molar-refractivity contribution is 7.92. The molecule has 0 atom stereocenters. The number of anilines is 2. The average Bonchev–Trinajstić information content (AvgIpc) is 2.75. The molecule has 1 heterocycles. The summed E-state index contributed by atoms with van der Waals surface area (Å²) in [5.41, 5.74) is 1.39. The average molecular weight is 452 g/mol. The standard InChI is InChI=1S/C21H29N3O4S2/c1-3-24(4-2)30(27,28)19-14-12-18(13-15-19)29(25,26)22-20-10-6-7-11-21(20)23-16-8-5-9-17-23/h6-7,10-15,22H,3-5,8-9,16-17H2,1-2H3. The number of nitrogens with zero attached hydrogens (tertiary/aromatic N) is 2. The molecule has 1 fully saturated rings. The lowest BCUT2D eigenvalue weighted by Crippen LogP contribution is -2.30. The molecule has 0 aliphatic carbocycles. The quantitative estimate of drug-likeness (QED) is 0.664. The van der Waals surface area contributed by atoms with Crippen molar-refractivity contribution in [2.75, 3.05) is 35.8 Å². The number of piperidine rings is 1. The fourth-order valence-corrected chi connectivity index (χ4v) is 6.21. The van der Waals surface area contributed by atoms with Crippen molar-refractivity contribution < 1.29 is 16.8 Å². The summed E-state index contributed by atoms with van der Waals surface area (Å²) < 4.78 is 55.2. The van der Waals surface area contributed by atoms with E-state index in [9.17, 15) is 16.8 Å². The molecule has 1 aliphatic rings. The lowest BCUT2D eigenvalue weighted by molar-refractivity contribution is 0.445. The summed E-state index contributed by atoms with van der Waals surface area (Å²) in [4.78, 5) is 2.30. The van der Waals surface area contributed by atoms with Gasteiger partial charge >= 0.3 is 0 Å². The zero-order chi connectivity index (χ0) is 21.8. The van der Waals surface area contributed by atoms with E-state index in [1.807, 2.05) is 12.1 Å². The van der Waals surface area contributed by atoms with Crippen LogP contribution < -0.4 is 9.62 Å². The van der Waals surface area contributed by atoms with E-state index in [0.717, 1.165) is 31.6 Å². The lowest BCUT2D eigenvalue weighted by atomic mass is 10.1. The van der Waals surface area contributed by atoms with Gasteiger partial charge in [-0.15, -0.1) is 0 Å². The number of nitrogens with one attached hydrogen (secondary N) is 1. The zero-order valence-corrected chi connectivity index (χ0v) is 19.0. The van der Waals surface area contributed by atoms with Crippen molar-refractivity contribution in [3.05, 3.63) is 48.5 Å². The molecule has 1 aliphatic heterocycles. The first kappa shape index (κ1) is 22.6. The Labute approximate surface area is 179 Å². The van der Waals surface area contributed by atoms with Crippen LogP contribution in [-0.2, 0) is 20.0 Å². The molecule has 0 aromatic heterocycles. The lowest BCUT2D eigenvalue weighted by Gasteiger charge is -2.30. The van der Waals surface area contributed by atoms with Gasteiger partial charge in [0.15, 0.2) is 0 Å². The number of rotatable bonds is 8. The van der Waals surface area contributed by atoms with Gasteiger partial charge < -0.3 is 4.90 Å². The molecule has 2 aromatic carbocycles. The molecule has 0 amide bonds. The van der Waals surface area contributed by atoms with Gasteiger partial charge in [0, 0.05) is 26.2 Å². The SMILES string of the molecule is CCN(CC)S(=O)(=O)c1ccc(S(=O)(=O)Nc2ccccc2N2CCCCC2)cc1. The fourth-order valence-electron chi connectivity index (χ4n) is 3.68. The third kappa shape index (κ3) is 4.79. The smallest absolute Gasteiger partial charge is 0.261 e. The summed E-state index contributed by atoms with van der Waals surface area (Å²) in [6.07, 6.45) is 3.36. The van der Waals surface area contributed by atoms with E-state index < -0.39 is 20.0 Å². The van der Waals surface area contributed by atoms with E-state index in [-0.39, 0.29) is 9.79 Å².